The first-order valence-corrected chi connectivity index (χ1v) is 6.65. The summed E-state index contributed by atoms with van der Waals surface area (Å²) in [5, 5.41) is 4.31. The monoisotopic (exact) mass is 259 g/mol. The lowest BCUT2D eigenvalue weighted by molar-refractivity contribution is 0.405. The van der Waals surface area contributed by atoms with Crippen molar-refractivity contribution in [1.29, 1.82) is 0 Å². The molecule has 0 aliphatic carbocycles. The standard InChI is InChI=1S/C15H21N3O/c1-3-18-14(15(19-2)11-17-18)10-9-13(16)12-7-5-4-6-8-12/h4-8,11,13H,3,9-10,16H2,1-2H3. The Bertz CT molecular complexity index is 486. The molecule has 0 aliphatic rings. The number of nitrogens with two attached hydrogens (primary N) is 1. The summed E-state index contributed by atoms with van der Waals surface area (Å²) in [7, 11) is 1.68. The Morgan fingerprint density at radius 3 is 2.68 bits per heavy atom. The predicted molar refractivity (Wildman–Crippen MR) is 76.1 cm³/mol. The lowest BCUT2D eigenvalue weighted by atomic mass is 10.0. The zero-order valence-electron chi connectivity index (χ0n) is 11.5. The van der Waals surface area contributed by atoms with Crippen LogP contribution in [-0.2, 0) is 13.0 Å². The second kappa shape index (κ2) is 6.38. The molecule has 1 atom stereocenters. The van der Waals surface area contributed by atoms with E-state index in [-0.39, 0.29) is 6.04 Å². The van der Waals surface area contributed by atoms with Crippen LogP contribution in [0, 0.1) is 0 Å². The van der Waals surface area contributed by atoms with Crippen LogP contribution < -0.4 is 10.5 Å². The molecule has 2 N–H and O–H groups in total. The predicted octanol–water partition coefficient (Wildman–Crippen LogP) is 2.54. The number of nitrogens with zero attached hydrogens (tertiary/aromatic N) is 2. The first-order chi connectivity index (χ1) is 9.26. The fourth-order valence-corrected chi connectivity index (χ4v) is 2.25. The van der Waals surface area contributed by atoms with Gasteiger partial charge >= 0.3 is 0 Å². The Balaban J connectivity index is 2.04. The molecule has 102 valence electrons. The molecule has 0 radical (unpaired) electrons. The zero-order chi connectivity index (χ0) is 13.7. The van der Waals surface area contributed by atoms with E-state index < -0.39 is 0 Å². The largest absolute Gasteiger partial charge is 0.493 e. The van der Waals surface area contributed by atoms with Crippen molar-refractivity contribution in [1.82, 2.24) is 9.78 Å². The summed E-state index contributed by atoms with van der Waals surface area (Å²) in [6.45, 7) is 2.92. The van der Waals surface area contributed by atoms with Gasteiger partial charge in [0.2, 0.25) is 0 Å². The Morgan fingerprint density at radius 1 is 1.32 bits per heavy atom. The number of rotatable bonds is 6. The van der Waals surface area contributed by atoms with E-state index in [4.69, 9.17) is 10.5 Å². The normalized spacial score (nSPS) is 12.4. The van der Waals surface area contributed by atoms with Gasteiger partial charge in [0, 0.05) is 12.6 Å². The summed E-state index contributed by atoms with van der Waals surface area (Å²) in [5.74, 6) is 0.849. The van der Waals surface area contributed by atoms with Gasteiger partial charge in [-0.2, -0.15) is 5.10 Å². The number of hydrogen-bond donors (Lipinski definition) is 1. The van der Waals surface area contributed by atoms with E-state index >= 15 is 0 Å². The molecule has 0 saturated carbocycles. The zero-order valence-corrected chi connectivity index (χ0v) is 11.5. The van der Waals surface area contributed by atoms with Crippen LogP contribution in [0.2, 0.25) is 0 Å². The van der Waals surface area contributed by atoms with Crippen molar-refractivity contribution < 1.29 is 4.74 Å². The summed E-state index contributed by atoms with van der Waals surface area (Å²) in [4.78, 5) is 0. The minimum atomic E-state index is 0.0473. The molecule has 0 spiro atoms. The molecule has 0 saturated heterocycles. The molecule has 1 heterocycles. The van der Waals surface area contributed by atoms with Gasteiger partial charge in [0.1, 0.15) is 0 Å². The van der Waals surface area contributed by atoms with Crippen molar-refractivity contribution in [3.8, 4) is 5.75 Å². The highest BCUT2D eigenvalue weighted by molar-refractivity contribution is 5.26. The average Bonchev–Trinajstić information content (AvgIpc) is 2.87. The average molecular weight is 259 g/mol. The smallest absolute Gasteiger partial charge is 0.159 e. The van der Waals surface area contributed by atoms with Crippen molar-refractivity contribution in [2.75, 3.05) is 7.11 Å². The van der Waals surface area contributed by atoms with Gasteiger partial charge in [-0.1, -0.05) is 30.3 Å². The SMILES string of the molecule is CCn1ncc(OC)c1CCC(N)c1ccccc1. The minimum Gasteiger partial charge on any atom is -0.493 e. The molecule has 0 fully saturated rings. The first-order valence-electron chi connectivity index (χ1n) is 6.65. The maximum Gasteiger partial charge on any atom is 0.159 e. The van der Waals surface area contributed by atoms with Crippen LogP contribution in [0.4, 0.5) is 0 Å². The van der Waals surface area contributed by atoms with Crippen molar-refractivity contribution in [3.63, 3.8) is 0 Å². The topological polar surface area (TPSA) is 53.1 Å². The molecular weight excluding hydrogens is 238 g/mol. The number of hydrogen-bond acceptors (Lipinski definition) is 3. The first kappa shape index (κ1) is 13.6. The highest BCUT2D eigenvalue weighted by atomic mass is 16.5. The second-order valence-electron chi connectivity index (χ2n) is 4.53. The third-order valence-electron chi connectivity index (χ3n) is 3.35. The van der Waals surface area contributed by atoms with Crippen LogP contribution in [0.3, 0.4) is 0 Å². The summed E-state index contributed by atoms with van der Waals surface area (Å²) in [6.07, 6.45) is 3.52. The van der Waals surface area contributed by atoms with Gasteiger partial charge in [-0.25, -0.2) is 0 Å². The minimum absolute atomic E-state index is 0.0473. The van der Waals surface area contributed by atoms with Gasteiger partial charge in [-0.3, -0.25) is 4.68 Å². The highest BCUT2D eigenvalue weighted by Crippen LogP contribution is 2.22. The molecule has 0 bridgehead atoms. The summed E-state index contributed by atoms with van der Waals surface area (Å²) in [6, 6.07) is 10.2. The fraction of sp³-hybridized carbons (Fsp3) is 0.400. The maximum absolute atomic E-state index is 6.22. The number of ether oxygens (including phenoxy) is 1. The van der Waals surface area contributed by atoms with E-state index in [1.54, 1.807) is 13.3 Å². The van der Waals surface area contributed by atoms with Crippen LogP contribution in [0.15, 0.2) is 36.5 Å². The van der Waals surface area contributed by atoms with Crippen LogP contribution in [0.1, 0.15) is 30.6 Å². The van der Waals surface area contributed by atoms with Gasteiger partial charge in [0.05, 0.1) is 19.0 Å². The Morgan fingerprint density at radius 2 is 2.05 bits per heavy atom. The third-order valence-corrected chi connectivity index (χ3v) is 3.35. The number of aryl methyl sites for hydroxylation is 1. The lowest BCUT2D eigenvalue weighted by Gasteiger charge is -2.13. The van der Waals surface area contributed by atoms with E-state index in [0.717, 1.165) is 30.8 Å². The molecule has 19 heavy (non-hydrogen) atoms. The van der Waals surface area contributed by atoms with Crippen molar-refractivity contribution in [2.24, 2.45) is 5.73 Å². The number of aromatic nitrogens is 2. The maximum atomic E-state index is 6.22. The van der Waals surface area contributed by atoms with E-state index in [2.05, 4.69) is 24.2 Å². The Hall–Kier alpha value is -1.81. The second-order valence-corrected chi connectivity index (χ2v) is 4.53. The van der Waals surface area contributed by atoms with Gasteiger partial charge < -0.3 is 10.5 Å². The van der Waals surface area contributed by atoms with Crippen LogP contribution in [0.5, 0.6) is 5.75 Å². The summed E-state index contributed by atoms with van der Waals surface area (Å²) in [5.41, 5.74) is 8.52. The van der Waals surface area contributed by atoms with Gasteiger partial charge in [0.15, 0.2) is 5.75 Å². The van der Waals surface area contributed by atoms with Gasteiger partial charge in [-0.15, -0.1) is 0 Å². The molecule has 1 aromatic heterocycles. The summed E-state index contributed by atoms with van der Waals surface area (Å²) < 4.78 is 7.31. The molecule has 0 aliphatic heterocycles. The molecule has 1 aromatic carbocycles. The molecule has 2 rings (SSSR count). The molecule has 4 heteroatoms. The van der Waals surface area contributed by atoms with Crippen molar-refractivity contribution in [3.05, 3.63) is 47.8 Å². The van der Waals surface area contributed by atoms with E-state index in [0.29, 0.717) is 0 Å². The van der Waals surface area contributed by atoms with Crippen molar-refractivity contribution >= 4 is 0 Å². The van der Waals surface area contributed by atoms with Gasteiger partial charge in [-0.05, 0) is 25.3 Å². The molecule has 4 nitrogen and oxygen atoms in total. The quantitative estimate of drug-likeness (QED) is 0.867. The van der Waals surface area contributed by atoms with Crippen LogP contribution in [-0.4, -0.2) is 16.9 Å². The molecule has 1 unspecified atom stereocenters. The molecular formula is C15H21N3O. The van der Waals surface area contributed by atoms with Gasteiger partial charge in [0.25, 0.3) is 0 Å². The van der Waals surface area contributed by atoms with Crippen molar-refractivity contribution in [2.45, 2.75) is 32.4 Å². The Labute approximate surface area is 114 Å². The Kier molecular flexibility index (Phi) is 4.58. The molecule has 0 amide bonds. The van der Waals surface area contributed by atoms with E-state index in [1.807, 2.05) is 22.9 Å². The highest BCUT2D eigenvalue weighted by Gasteiger charge is 2.13. The number of benzene rings is 1. The van der Waals surface area contributed by atoms with Crippen LogP contribution in [0.25, 0.3) is 0 Å². The summed E-state index contributed by atoms with van der Waals surface area (Å²) >= 11 is 0. The van der Waals surface area contributed by atoms with E-state index in [1.165, 1.54) is 5.56 Å². The fourth-order valence-electron chi connectivity index (χ4n) is 2.25. The van der Waals surface area contributed by atoms with Crippen LogP contribution >= 0.6 is 0 Å². The molecule has 2 aromatic rings. The number of methoxy groups -OCH3 is 1. The van der Waals surface area contributed by atoms with E-state index in [9.17, 15) is 0 Å². The third kappa shape index (κ3) is 3.15. The lowest BCUT2D eigenvalue weighted by Crippen LogP contribution is -2.13.